The van der Waals surface area contributed by atoms with Crippen LogP contribution in [-0.2, 0) is 6.61 Å². The Balaban J connectivity index is 1.26. The average molecular weight is 467 g/mol. The van der Waals surface area contributed by atoms with Crippen molar-refractivity contribution in [3.63, 3.8) is 0 Å². The molecule has 0 atom stereocenters. The molecule has 0 unspecified atom stereocenters. The van der Waals surface area contributed by atoms with Gasteiger partial charge in [-0.25, -0.2) is 4.39 Å². The number of aromatic nitrogens is 4. The van der Waals surface area contributed by atoms with Crippen LogP contribution >= 0.6 is 0 Å². The smallest absolute Gasteiger partial charge is 0.130 e. The van der Waals surface area contributed by atoms with Gasteiger partial charge in [-0.15, -0.1) is 0 Å². The molecular formula is C28H23FN4O2. The lowest BCUT2D eigenvalue weighted by molar-refractivity contribution is 0.299. The molecule has 174 valence electrons. The van der Waals surface area contributed by atoms with Gasteiger partial charge in [0.05, 0.1) is 24.2 Å². The summed E-state index contributed by atoms with van der Waals surface area (Å²) in [5.74, 6) is 1.14. The molecule has 0 saturated carbocycles. The van der Waals surface area contributed by atoms with Gasteiger partial charge in [-0.05, 0) is 72.3 Å². The minimum Gasteiger partial charge on any atom is -0.496 e. The van der Waals surface area contributed by atoms with Crippen LogP contribution in [-0.4, -0.2) is 27.3 Å². The van der Waals surface area contributed by atoms with Crippen LogP contribution in [0.4, 0.5) is 4.39 Å². The summed E-state index contributed by atoms with van der Waals surface area (Å²) in [7, 11) is 1.63. The molecule has 0 saturated heterocycles. The zero-order chi connectivity index (χ0) is 24.0. The van der Waals surface area contributed by atoms with E-state index in [9.17, 15) is 4.39 Å². The third-order valence-electron chi connectivity index (χ3n) is 5.49. The zero-order valence-electron chi connectivity index (χ0n) is 19.0. The average Bonchev–Trinajstić information content (AvgIpc) is 3.52. The van der Waals surface area contributed by atoms with E-state index >= 15 is 0 Å². The monoisotopic (exact) mass is 466 g/mol. The molecule has 0 radical (unpaired) electrons. The highest BCUT2D eigenvalue weighted by Crippen LogP contribution is 2.27. The van der Waals surface area contributed by atoms with E-state index in [1.807, 2.05) is 73.0 Å². The Morgan fingerprint density at radius 2 is 1.86 bits per heavy atom. The second-order valence-corrected chi connectivity index (χ2v) is 7.86. The normalized spacial score (nSPS) is 11.6. The number of H-pyrrole nitrogens is 2. The van der Waals surface area contributed by atoms with Crippen LogP contribution < -0.4 is 9.47 Å². The molecule has 7 heteroatoms. The van der Waals surface area contributed by atoms with Crippen molar-refractivity contribution in [2.45, 2.75) is 6.61 Å². The van der Waals surface area contributed by atoms with E-state index in [4.69, 9.17) is 9.47 Å². The number of halogens is 1. The maximum absolute atomic E-state index is 13.6. The van der Waals surface area contributed by atoms with Gasteiger partial charge in [0.25, 0.3) is 0 Å². The predicted octanol–water partition coefficient (Wildman–Crippen LogP) is 6.35. The van der Waals surface area contributed by atoms with Crippen molar-refractivity contribution in [1.29, 1.82) is 0 Å². The number of rotatable bonds is 8. The summed E-state index contributed by atoms with van der Waals surface area (Å²) in [6.07, 6.45) is 11.3. The molecule has 0 amide bonds. The summed E-state index contributed by atoms with van der Waals surface area (Å²) in [6.45, 7) is 0.386. The summed E-state index contributed by atoms with van der Waals surface area (Å²) >= 11 is 0. The number of benzene rings is 2. The topological polar surface area (TPSA) is 75.8 Å². The molecular weight excluding hydrogens is 443 g/mol. The number of fused-ring (bicyclic) bond motifs is 1. The molecule has 3 heterocycles. The Bertz CT molecular complexity index is 1500. The van der Waals surface area contributed by atoms with Crippen LogP contribution in [0.15, 0.2) is 73.1 Å². The predicted molar refractivity (Wildman–Crippen MR) is 136 cm³/mol. The highest BCUT2D eigenvalue weighted by atomic mass is 19.1. The number of pyridine rings is 1. The van der Waals surface area contributed by atoms with Crippen LogP contribution in [0.2, 0.25) is 0 Å². The molecule has 0 fully saturated rings. The quantitative estimate of drug-likeness (QED) is 0.279. The molecule has 3 aromatic heterocycles. The van der Waals surface area contributed by atoms with Crippen molar-refractivity contribution in [2.75, 3.05) is 7.11 Å². The first-order chi connectivity index (χ1) is 17.2. The first kappa shape index (κ1) is 22.2. The molecule has 5 rings (SSSR count). The summed E-state index contributed by atoms with van der Waals surface area (Å²) < 4.78 is 25.0. The molecule has 0 aliphatic rings. The van der Waals surface area contributed by atoms with E-state index in [1.54, 1.807) is 19.4 Å². The molecule has 0 aliphatic carbocycles. The number of methoxy groups -OCH3 is 1. The number of nitrogens with zero attached hydrogens (tertiary/aromatic N) is 2. The number of ether oxygens (including phenoxy) is 2. The Morgan fingerprint density at radius 3 is 2.71 bits per heavy atom. The Hall–Kier alpha value is -4.65. The summed E-state index contributed by atoms with van der Waals surface area (Å²) in [5.41, 5.74) is 5.16. The number of hydrogen-bond acceptors (Lipinski definition) is 4. The fourth-order valence-corrected chi connectivity index (χ4v) is 3.69. The van der Waals surface area contributed by atoms with Gasteiger partial charge < -0.3 is 14.5 Å². The third kappa shape index (κ3) is 5.30. The van der Waals surface area contributed by atoms with E-state index in [2.05, 4.69) is 20.2 Å². The molecule has 6 nitrogen and oxygen atoms in total. The summed E-state index contributed by atoms with van der Waals surface area (Å²) in [5, 5.41) is 8.17. The second-order valence-electron chi connectivity index (χ2n) is 7.86. The number of aromatic amines is 2. The van der Waals surface area contributed by atoms with E-state index in [0.717, 1.165) is 39.1 Å². The van der Waals surface area contributed by atoms with Crippen LogP contribution in [0.1, 0.15) is 28.2 Å². The van der Waals surface area contributed by atoms with E-state index in [0.29, 0.717) is 18.1 Å². The van der Waals surface area contributed by atoms with Crippen molar-refractivity contribution in [1.82, 2.24) is 20.2 Å². The minimum atomic E-state index is -0.262. The first-order valence-electron chi connectivity index (χ1n) is 11.1. The largest absolute Gasteiger partial charge is 0.496 e. The van der Waals surface area contributed by atoms with Crippen molar-refractivity contribution < 1.29 is 13.9 Å². The fraction of sp³-hybridized carbons (Fsp3) is 0.0714. The highest BCUT2D eigenvalue weighted by Gasteiger charge is 2.05. The van der Waals surface area contributed by atoms with Gasteiger partial charge in [0.1, 0.15) is 23.9 Å². The molecule has 0 bridgehead atoms. The van der Waals surface area contributed by atoms with Gasteiger partial charge in [0.15, 0.2) is 0 Å². The van der Waals surface area contributed by atoms with Crippen LogP contribution in [0.25, 0.3) is 35.2 Å². The Morgan fingerprint density at radius 1 is 0.943 bits per heavy atom. The van der Waals surface area contributed by atoms with Crippen LogP contribution in [0.3, 0.4) is 0 Å². The van der Waals surface area contributed by atoms with Crippen molar-refractivity contribution in [3.05, 3.63) is 107 Å². The molecule has 35 heavy (non-hydrogen) atoms. The molecule has 5 aromatic rings. The fourth-order valence-electron chi connectivity index (χ4n) is 3.69. The second kappa shape index (κ2) is 10.1. The van der Waals surface area contributed by atoms with E-state index in [1.165, 1.54) is 12.1 Å². The van der Waals surface area contributed by atoms with Crippen molar-refractivity contribution >= 4 is 35.2 Å². The maximum Gasteiger partial charge on any atom is 0.130 e. The van der Waals surface area contributed by atoms with Crippen LogP contribution in [0.5, 0.6) is 11.5 Å². The number of hydrogen-bond donors (Lipinski definition) is 2. The lowest BCUT2D eigenvalue weighted by Gasteiger charge is -2.09. The minimum absolute atomic E-state index is 0.262. The van der Waals surface area contributed by atoms with Gasteiger partial charge in [0.2, 0.25) is 0 Å². The molecule has 2 aromatic carbocycles. The van der Waals surface area contributed by atoms with Crippen LogP contribution in [0, 0.1) is 5.82 Å². The summed E-state index contributed by atoms with van der Waals surface area (Å²) in [6, 6.07) is 18.0. The molecule has 0 spiro atoms. The Labute approximate surface area is 201 Å². The van der Waals surface area contributed by atoms with Gasteiger partial charge in [-0.3, -0.25) is 10.1 Å². The van der Waals surface area contributed by atoms with Crippen molar-refractivity contribution in [3.8, 4) is 11.5 Å². The van der Waals surface area contributed by atoms with E-state index in [-0.39, 0.29) is 5.82 Å². The number of nitrogens with one attached hydrogen (secondary N) is 2. The lowest BCUT2D eigenvalue weighted by Crippen LogP contribution is -1.98. The van der Waals surface area contributed by atoms with Gasteiger partial charge >= 0.3 is 0 Å². The molecule has 0 aliphatic heterocycles. The third-order valence-corrected chi connectivity index (χ3v) is 5.49. The first-order valence-corrected chi connectivity index (χ1v) is 11.1. The maximum atomic E-state index is 13.6. The van der Waals surface area contributed by atoms with Gasteiger partial charge in [-0.1, -0.05) is 12.1 Å². The standard InChI is InChI=1S/C28H23FN4O2/c1-34-28-16-25(35-18-24-4-2-3-13-30-24)11-7-19(28)5-9-22-15-23(33-32-22)10-6-20-17-31-27-12-8-21(29)14-26(20)27/h2-17,31H,18H2,1H3,(H,32,33). The SMILES string of the molecule is COc1cc(OCc2ccccn2)ccc1C=Cc1cc(C=Cc2c[nH]c3ccc(F)cc23)n[nH]1. The van der Waals surface area contributed by atoms with Crippen molar-refractivity contribution in [2.24, 2.45) is 0 Å². The Kier molecular flexibility index (Phi) is 6.39. The highest BCUT2D eigenvalue weighted by molar-refractivity contribution is 5.91. The van der Waals surface area contributed by atoms with Gasteiger partial charge in [-0.2, -0.15) is 5.10 Å². The van der Waals surface area contributed by atoms with Gasteiger partial charge in [0, 0.05) is 34.9 Å². The summed E-state index contributed by atoms with van der Waals surface area (Å²) in [4.78, 5) is 7.41. The zero-order valence-corrected chi connectivity index (χ0v) is 19.0. The molecule has 2 N–H and O–H groups in total. The lowest BCUT2D eigenvalue weighted by atomic mass is 10.1. The van der Waals surface area contributed by atoms with E-state index < -0.39 is 0 Å².